The van der Waals surface area contributed by atoms with E-state index in [2.05, 4.69) is 4.98 Å². The summed E-state index contributed by atoms with van der Waals surface area (Å²) in [6, 6.07) is 20.2. The minimum absolute atomic E-state index is 0.246. The number of fused-ring (bicyclic) bond motifs is 1. The Morgan fingerprint density at radius 2 is 1.52 bits per heavy atom. The Bertz CT molecular complexity index is 1050. The lowest BCUT2D eigenvalue weighted by atomic mass is 9.91. The van der Waals surface area contributed by atoms with Gasteiger partial charge in [0.15, 0.2) is 6.10 Å². The number of benzene rings is 2. The first kappa shape index (κ1) is 17.6. The normalized spacial score (nSPS) is 23.6. The van der Waals surface area contributed by atoms with Crippen molar-refractivity contribution in [2.75, 3.05) is 9.96 Å². The lowest BCUT2D eigenvalue weighted by molar-refractivity contribution is -0.126. The third-order valence-electron chi connectivity index (χ3n) is 5.47. The molecule has 0 aliphatic carbocycles. The summed E-state index contributed by atoms with van der Waals surface area (Å²) in [6.07, 6.45) is 2.51. The van der Waals surface area contributed by atoms with Crippen molar-refractivity contribution in [3.63, 3.8) is 0 Å². The molecule has 0 saturated carbocycles. The van der Waals surface area contributed by atoms with Gasteiger partial charge in [-0.2, -0.15) is 0 Å². The van der Waals surface area contributed by atoms with Gasteiger partial charge < -0.3 is 0 Å². The van der Waals surface area contributed by atoms with Gasteiger partial charge in [0, 0.05) is 12.4 Å². The highest BCUT2D eigenvalue weighted by atomic mass is 16.7. The van der Waals surface area contributed by atoms with Gasteiger partial charge in [-0.25, -0.2) is 9.96 Å². The highest BCUT2D eigenvalue weighted by Crippen LogP contribution is 2.47. The van der Waals surface area contributed by atoms with Gasteiger partial charge >= 0.3 is 0 Å². The molecule has 3 atom stereocenters. The number of carbonyl (C=O) groups excluding carboxylic acids is 2. The van der Waals surface area contributed by atoms with E-state index in [9.17, 15) is 9.59 Å². The third-order valence-corrected chi connectivity index (χ3v) is 5.47. The molecule has 6 heteroatoms. The van der Waals surface area contributed by atoms with Gasteiger partial charge in [0.1, 0.15) is 5.92 Å². The van der Waals surface area contributed by atoms with E-state index in [1.165, 1.54) is 4.90 Å². The maximum absolute atomic E-state index is 13.4. The Hall–Kier alpha value is -3.51. The quantitative estimate of drug-likeness (QED) is 0.647. The fourth-order valence-electron chi connectivity index (χ4n) is 4.06. The summed E-state index contributed by atoms with van der Waals surface area (Å²) in [4.78, 5) is 38.0. The molecule has 5 rings (SSSR count). The molecule has 6 nitrogen and oxygen atoms in total. The van der Waals surface area contributed by atoms with Crippen molar-refractivity contribution in [3.05, 3.63) is 90.3 Å². The zero-order chi connectivity index (χ0) is 20.0. The predicted molar refractivity (Wildman–Crippen MR) is 108 cm³/mol. The molecule has 2 aromatic carbocycles. The van der Waals surface area contributed by atoms with Crippen LogP contribution in [0.2, 0.25) is 0 Å². The van der Waals surface area contributed by atoms with Gasteiger partial charge in [-0.1, -0.05) is 35.9 Å². The maximum Gasteiger partial charge on any atom is 0.266 e. The Labute approximate surface area is 168 Å². The van der Waals surface area contributed by atoms with Gasteiger partial charge in [-0.15, -0.1) is 0 Å². The number of carbonyl (C=O) groups is 2. The first-order chi connectivity index (χ1) is 14.1. The molecule has 3 aromatic rings. The Balaban J connectivity index is 1.58. The monoisotopic (exact) mass is 385 g/mol. The second-order valence-electron chi connectivity index (χ2n) is 7.29. The van der Waals surface area contributed by atoms with Crippen LogP contribution in [0.25, 0.3) is 0 Å². The summed E-state index contributed by atoms with van der Waals surface area (Å²) in [5.41, 5.74) is 3.31. The van der Waals surface area contributed by atoms with Crippen molar-refractivity contribution >= 4 is 23.2 Å². The van der Waals surface area contributed by atoms with Crippen LogP contribution in [-0.2, 0) is 14.4 Å². The van der Waals surface area contributed by atoms with Crippen molar-refractivity contribution in [1.29, 1.82) is 0 Å². The number of amides is 2. The molecule has 0 spiro atoms. The minimum atomic E-state index is -0.859. The Morgan fingerprint density at radius 1 is 0.828 bits per heavy atom. The molecule has 2 fully saturated rings. The van der Waals surface area contributed by atoms with Gasteiger partial charge in [0.05, 0.1) is 17.4 Å². The van der Waals surface area contributed by atoms with E-state index in [0.717, 1.165) is 16.8 Å². The van der Waals surface area contributed by atoms with Crippen LogP contribution in [0.4, 0.5) is 11.4 Å². The molecule has 0 N–H and O–H groups in total. The van der Waals surface area contributed by atoms with Gasteiger partial charge in [-0.3, -0.25) is 19.4 Å². The van der Waals surface area contributed by atoms with Crippen LogP contribution >= 0.6 is 0 Å². The number of anilines is 2. The lowest BCUT2D eigenvalue weighted by Crippen LogP contribution is -2.37. The molecule has 3 heterocycles. The fraction of sp³-hybridized carbons (Fsp3) is 0.174. The summed E-state index contributed by atoms with van der Waals surface area (Å²) in [5, 5.41) is 1.69. The van der Waals surface area contributed by atoms with Crippen molar-refractivity contribution < 1.29 is 14.4 Å². The maximum atomic E-state index is 13.4. The average molecular weight is 385 g/mol. The summed E-state index contributed by atoms with van der Waals surface area (Å²) < 4.78 is 0. The zero-order valence-electron chi connectivity index (χ0n) is 15.8. The molecule has 2 aliphatic rings. The van der Waals surface area contributed by atoms with Crippen molar-refractivity contribution in [2.45, 2.75) is 19.1 Å². The number of hydroxylamine groups is 1. The number of para-hydroxylation sites is 1. The number of rotatable bonds is 3. The van der Waals surface area contributed by atoms with Crippen LogP contribution in [0, 0.1) is 12.8 Å². The van der Waals surface area contributed by atoms with E-state index in [0.29, 0.717) is 5.69 Å². The van der Waals surface area contributed by atoms with Crippen LogP contribution in [0.5, 0.6) is 0 Å². The molecule has 29 heavy (non-hydrogen) atoms. The average Bonchev–Trinajstić information content (AvgIpc) is 3.27. The fourth-order valence-corrected chi connectivity index (χ4v) is 4.06. The third kappa shape index (κ3) is 2.80. The number of hydrogen-bond acceptors (Lipinski definition) is 5. The summed E-state index contributed by atoms with van der Waals surface area (Å²) in [6.45, 7) is 1.96. The lowest BCUT2D eigenvalue weighted by Gasteiger charge is -2.28. The van der Waals surface area contributed by atoms with Crippen LogP contribution in [0.15, 0.2) is 79.1 Å². The predicted octanol–water partition coefficient (Wildman–Crippen LogP) is 3.44. The standard InChI is InChI=1S/C23H19N3O3/c1-15-7-9-17(10-8-15)25-22(27)19-20(16-11-13-24-14-12-16)26(29-21(19)23(25)28)18-5-3-2-4-6-18/h2-14,19-21H,1H3/t19-,20+,21+/m1/s1. The highest BCUT2D eigenvalue weighted by Gasteiger charge is 2.60. The summed E-state index contributed by atoms with van der Waals surface area (Å²) in [7, 11) is 0. The van der Waals surface area contributed by atoms with Gasteiger partial charge in [-0.05, 0) is 48.9 Å². The number of hydrogen-bond donors (Lipinski definition) is 0. The first-order valence-corrected chi connectivity index (χ1v) is 9.50. The van der Waals surface area contributed by atoms with Crippen molar-refractivity contribution in [3.8, 4) is 0 Å². The summed E-state index contributed by atoms with van der Waals surface area (Å²) in [5.74, 6) is -1.21. The topological polar surface area (TPSA) is 62.7 Å². The molecule has 2 aliphatic heterocycles. The minimum Gasteiger partial charge on any atom is -0.273 e. The molecule has 0 bridgehead atoms. The summed E-state index contributed by atoms with van der Waals surface area (Å²) >= 11 is 0. The largest absolute Gasteiger partial charge is 0.273 e. The SMILES string of the molecule is Cc1ccc(N2C(=O)[C@H]3[C@H](ON(c4ccccc4)[C@H]3c3ccncc3)C2=O)cc1. The van der Waals surface area contributed by atoms with E-state index in [1.54, 1.807) is 29.6 Å². The molecular weight excluding hydrogens is 366 g/mol. The Kier molecular flexibility index (Phi) is 4.14. The highest BCUT2D eigenvalue weighted by molar-refractivity contribution is 6.23. The number of aromatic nitrogens is 1. The molecule has 2 amide bonds. The zero-order valence-corrected chi connectivity index (χ0v) is 15.8. The number of nitrogens with zero attached hydrogens (tertiary/aromatic N) is 3. The second-order valence-corrected chi connectivity index (χ2v) is 7.29. The van der Waals surface area contributed by atoms with E-state index >= 15 is 0 Å². The van der Waals surface area contributed by atoms with Crippen molar-refractivity contribution in [2.24, 2.45) is 5.92 Å². The number of aryl methyl sites for hydroxylation is 1. The second kappa shape index (κ2) is 6.83. The van der Waals surface area contributed by atoms with Crippen LogP contribution < -0.4 is 9.96 Å². The molecule has 144 valence electrons. The first-order valence-electron chi connectivity index (χ1n) is 9.50. The van der Waals surface area contributed by atoms with E-state index < -0.39 is 18.1 Å². The molecule has 2 saturated heterocycles. The van der Waals surface area contributed by atoms with Gasteiger partial charge in [0.25, 0.3) is 5.91 Å². The smallest absolute Gasteiger partial charge is 0.266 e. The van der Waals surface area contributed by atoms with Gasteiger partial charge in [0.2, 0.25) is 5.91 Å². The van der Waals surface area contributed by atoms with Crippen molar-refractivity contribution in [1.82, 2.24) is 4.98 Å². The van der Waals surface area contributed by atoms with E-state index in [-0.39, 0.29) is 11.8 Å². The molecule has 0 unspecified atom stereocenters. The molecule has 1 aromatic heterocycles. The number of imide groups is 1. The van der Waals surface area contributed by atoms with Crippen LogP contribution in [0.1, 0.15) is 17.2 Å². The molecular formula is C23H19N3O3. The molecule has 0 radical (unpaired) electrons. The number of pyridine rings is 1. The van der Waals surface area contributed by atoms with E-state index in [1.807, 2.05) is 61.5 Å². The van der Waals surface area contributed by atoms with E-state index in [4.69, 9.17) is 4.84 Å². The van der Waals surface area contributed by atoms with Crippen LogP contribution in [0.3, 0.4) is 0 Å². The van der Waals surface area contributed by atoms with Crippen LogP contribution in [-0.4, -0.2) is 22.9 Å². The Morgan fingerprint density at radius 3 is 2.21 bits per heavy atom.